The summed E-state index contributed by atoms with van der Waals surface area (Å²) in [6.45, 7) is 11.1. The molecule has 0 radical (unpaired) electrons. The first-order valence-electron chi connectivity index (χ1n) is 6.08. The van der Waals surface area contributed by atoms with Gasteiger partial charge in [0.15, 0.2) is 0 Å². The lowest BCUT2D eigenvalue weighted by atomic mass is 10.1. The molecule has 1 atom stereocenters. The van der Waals surface area contributed by atoms with Gasteiger partial charge in [-0.1, -0.05) is 6.92 Å². The van der Waals surface area contributed by atoms with Gasteiger partial charge in [0.1, 0.15) is 0 Å². The SMILES string of the molecule is CCCNC1CCN(CC(C)(C)OC)C1. The quantitative estimate of drug-likeness (QED) is 0.725. The third-order valence-electron chi connectivity index (χ3n) is 3.11. The third-order valence-corrected chi connectivity index (χ3v) is 3.11. The Labute approximate surface area is 94.2 Å². The van der Waals surface area contributed by atoms with Gasteiger partial charge in [0.2, 0.25) is 0 Å². The predicted molar refractivity (Wildman–Crippen MR) is 64.2 cm³/mol. The molecule has 0 aliphatic carbocycles. The van der Waals surface area contributed by atoms with Gasteiger partial charge >= 0.3 is 0 Å². The molecule has 0 aromatic rings. The second-order valence-corrected chi connectivity index (χ2v) is 5.14. The van der Waals surface area contributed by atoms with Gasteiger partial charge in [-0.25, -0.2) is 0 Å². The molecule has 1 unspecified atom stereocenters. The van der Waals surface area contributed by atoms with Gasteiger partial charge in [-0.15, -0.1) is 0 Å². The van der Waals surface area contributed by atoms with Gasteiger partial charge < -0.3 is 10.1 Å². The molecule has 0 aromatic carbocycles. The molecule has 1 N–H and O–H groups in total. The number of nitrogens with zero attached hydrogens (tertiary/aromatic N) is 1. The molecule has 1 aliphatic rings. The largest absolute Gasteiger partial charge is 0.377 e. The summed E-state index contributed by atoms with van der Waals surface area (Å²) in [5.41, 5.74) is -0.0142. The van der Waals surface area contributed by atoms with E-state index in [1.807, 2.05) is 0 Å². The van der Waals surface area contributed by atoms with Crippen LogP contribution in [-0.4, -0.2) is 49.8 Å². The Kier molecular flexibility index (Phi) is 5.03. The summed E-state index contributed by atoms with van der Waals surface area (Å²) in [6.07, 6.45) is 2.50. The third kappa shape index (κ3) is 4.49. The zero-order valence-electron chi connectivity index (χ0n) is 10.7. The highest BCUT2D eigenvalue weighted by Gasteiger charge is 2.27. The molecule has 0 amide bonds. The Balaban J connectivity index is 2.24. The number of likely N-dealkylation sites (tertiary alicyclic amines) is 1. The second kappa shape index (κ2) is 5.83. The Morgan fingerprint density at radius 1 is 1.47 bits per heavy atom. The van der Waals surface area contributed by atoms with Crippen molar-refractivity contribution < 1.29 is 4.74 Å². The van der Waals surface area contributed by atoms with Crippen LogP contribution in [0.4, 0.5) is 0 Å². The monoisotopic (exact) mass is 214 g/mol. The fourth-order valence-electron chi connectivity index (χ4n) is 2.09. The predicted octanol–water partition coefficient (Wildman–Crippen LogP) is 1.49. The van der Waals surface area contributed by atoms with E-state index in [0.29, 0.717) is 6.04 Å². The minimum absolute atomic E-state index is 0.0142. The van der Waals surface area contributed by atoms with Crippen LogP contribution in [0.25, 0.3) is 0 Å². The summed E-state index contributed by atoms with van der Waals surface area (Å²) in [7, 11) is 1.79. The first-order valence-corrected chi connectivity index (χ1v) is 6.08. The summed E-state index contributed by atoms with van der Waals surface area (Å²) >= 11 is 0. The average Bonchev–Trinajstić information content (AvgIpc) is 2.62. The lowest BCUT2D eigenvalue weighted by Crippen LogP contribution is -2.40. The van der Waals surface area contributed by atoms with Crippen molar-refractivity contribution in [2.75, 3.05) is 33.3 Å². The number of hydrogen-bond acceptors (Lipinski definition) is 3. The van der Waals surface area contributed by atoms with Crippen LogP contribution in [0.3, 0.4) is 0 Å². The number of methoxy groups -OCH3 is 1. The van der Waals surface area contributed by atoms with Crippen LogP contribution in [-0.2, 0) is 4.74 Å². The topological polar surface area (TPSA) is 24.5 Å². The van der Waals surface area contributed by atoms with Gasteiger partial charge in [0.25, 0.3) is 0 Å². The summed E-state index contributed by atoms with van der Waals surface area (Å²) in [5.74, 6) is 0. The highest BCUT2D eigenvalue weighted by molar-refractivity contribution is 4.84. The van der Waals surface area contributed by atoms with Crippen molar-refractivity contribution in [3.8, 4) is 0 Å². The van der Waals surface area contributed by atoms with Crippen LogP contribution in [0.15, 0.2) is 0 Å². The van der Waals surface area contributed by atoms with E-state index in [4.69, 9.17) is 4.74 Å². The molecular weight excluding hydrogens is 188 g/mol. The fourth-order valence-corrected chi connectivity index (χ4v) is 2.09. The van der Waals surface area contributed by atoms with Crippen molar-refractivity contribution in [3.63, 3.8) is 0 Å². The minimum atomic E-state index is -0.0142. The van der Waals surface area contributed by atoms with Crippen LogP contribution >= 0.6 is 0 Å². The van der Waals surface area contributed by atoms with Crippen LogP contribution in [0.5, 0.6) is 0 Å². The van der Waals surface area contributed by atoms with Gasteiger partial charge in [-0.05, 0) is 39.8 Å². The van der Waals surface area contributed by atoms with Gasteiger partial charge in [-0.3, -0.25) is 4.90 Å². The van der Waals surface area contributed by atoms with Gasteiger partial charge in [0.05, 0.1) is 5.60 Å². The lowest BCUT2D eigenvalue weighted by molar-refractivity contribution is -0.00285. The van der Waals surface area contributed by atoms with Crippen molar-refractivity contribution in [1.29, 1.82) is 0 Å². The van der Waals surface area contributed by atoms with Crippen molar-refractivity contribution >= 4 is 0 Å². The molecule has 1 saturated heterocycles. The molecule has 15 heavy (non-hydrogen) atoms. The molecule has 1 heterocycles. The number of ether oxygens (including phenoxy) is 1. The normalized spacial score (nSPS) is 23.6. The van der Waals surface area contributed by atoms with E-state index >= 15 is 0 Å². The van der Waals surface area contributed by atoms with Crippen molar-refractivity contribution in [1.82, 2.24) is 10.2 Å². The number of rotatable bonds is 6. The Hall–Kier alpha value is -0.120. The fraction of sp³-hybridized carbons (Fsp3) is 1.00. The van der Waals surface area contributed by atoms with E-state index < -0.39 is 0 Å². The standard InChI is InChI=1S/C12H26N2O/c1-5-7-13-11-6-8-14(9-11)10-12(2,3)15-4/h11,13H,5-10H2,1-4H3. The molecule has 3 heteroatoms. The van der Waals surface area contributed by atoms with Crippen LogP contribution in [0, 0.1) is 0 Å². The maximum atomic E-state index is 5.45. The van der Waals surface area contributed by atoms with E-state index in [9.17, 15) is 0 Å². The smallest absolute Gasteiger partial charge is 0.0749 e. The van der Waals surface area contributed by atoms with E-state index in [1.54, 1.807) is 7.11 Å². The Morgan fingerprint density at radius 3 is 2.80 bits per heavy atom. The first-order chi connectivity index (χ1) is 7.07. The van der Waals surface area contributed by atoms with Gasteiger partial charge in [0, 0.05) is 26.2 Å². The van der Waals surface area contributed by atoms with Crippen molar-refractivity contribution in [3.05, 3.63) is 0 Å². The van der Waals surface area contributed by atoms with Gasteiger partial charge in [-0.2, -0.15) is 0 Å². The molecular formula is C12H26N2O. The molecule has 0 aromatic heterocycles. The Bertz CT molecular complexity index is 182. The Morgan fingerprint density at radius 2 is 2.20 bits per heavy atom. The molecule has 1 aliphatic heterocycles. The number of hydrogen-bond donors (Lipinski definition) is 1. The molecule has 1 rings (SSSR count). The van der Waals surface area contributed by atoms with E-state index in [2.05, 4.69) is 31.0 Å². The van der Waals surface area contributed by atoms with E-state index in [-0.39, 0.29) is 5.60 Å². The highest BCUT2D eigenvalue weighted by Crippen LogP contribution is 2.15. The summed E-state index contributed by atoms with van der Waals surface area (Å²) in [5, 5.41) is 3.58. The summed E-state index contributed by atoms with van der Waals surface area (Å²) < 4.78 is 5.45. The van der Waals surface area contributed by atoms with Crippen molar-refractivity contribution in [2.24, 2.45) is 0 Å². The minimum Gasteiger partial charge on any atom is -0.377 e. The first kappa shape index (κ1) is 12.9. The molecule has 1 fully saturated rings. The molecule has 0 bridgehead atoms. The zero-order valence-corrected chi connectivity index (χ0v) is 10.7. The maximum absolute atomic E-state index is 5.45. The summed E-state index contributed by atoms with van der Waals surface area (Å²) in [4.78, 5) is 2.50. The zero-order chi connectivity index (χ0) is 11.3. The molecule has 90 valence electrons. The van der Waals surface area contributed by atoms with E-state index in [1.165, 1.54) is 25.9 Å². The van der Waals surface area contributed by atoms with Crippen LogP contribution in [0.1, 0.15) is 33.6 Å². The van der Waals surface area contributed by atoms with Crippen LogP contribution in [0.2, 0.25) is 0 Å². The van der Waals surface area contributed by atoms with Crippen molar-refractivity contribution in [2.45, 2.75) is 45.3 Å². The molecule has 0 spiro atoms. The highest BCUT2D eigenvalue weighted by atomic mass is 16.5. The van der Waals surface area contributed by atoms with E-state index in [0.717, 1.165) is 13.1 Å². The lowest BCUT2D eigenvalue weighted by Gasteiger charge is -2.28. The van der Waals surface area contributed by atoms with Crippen LogP contribution < -0.4 is 5.32 Å². The molecule has 0 saturated carbocycles. The molecule has 3 nitrogen and oxygen atoms in total. The average molecular weight is 214 g/mol. The maximum Gasteiger partial charge on any atom is 0.0749 e. The number of nitrogens with one attached hydrogen (secondary N) is 1. The second-order valence-electron chi connectivity index (χ2n) is 5.14. The summed E-state index contributed by atoms with van der Waals surface area (Å²) in [6, 6.07) is 0.692.